The Morgan fingerprint density at radius 3 is 2.42 bits per heavy atom. The molecule has 0 bridgehead atoms. The molecule has 1 fully saturated rings. The van der Waals surface area contributed by atoms with Crippen LogP contribution in [0.25, 0.3) is 0 Å². The molecule has 2 amide bonds. The zero-order valence-corrected chi connectivity index (χ0v) is 15.2. The second-order valence-corrected chi connectivity index (χ2v) is 6.81. The van der Waals surface area contributed by atoms with E-state index in [2.05, 4.69) is 17.6 Å². The molecule has 2 aromatic rings. The molecular formula is C20H23N3O3. The number of hydrogen-bond donors (Lipinski definition) is 2. The number of pyridine rings is 1. The summed E-state index contributed by atoms with van der Waals surface area (Å²) in [7, 11) is 1.46. The molecule has 2 N–H and O–H groups in total. The molecule has 26 heavy (non-hydrogen) atoms. The van der Waals surface area contributed by atoms with Gasteiger partial charge in [0.2, 0.25) is 0 Å². The molecule has 136 valence electrons. The van der Waals surface area contributed by atoms with Crippen molar-refractivity contribution in [1.29, 1.82) is 0 Å². The highest BCUT2D eigenvalue weighted by molar-refractivity contribution is 5.99. The van der Waals surface area contributed by atoms with E-state index in [1.54, 1.807) is 0 Å². The number of carbonyl (C=O) groups is 2. The summed E-state index contributed by atoms with van der Waals surface area (Å²) in [5.41, 5.74) is 0.778. The van der Waals surface area contributed by atoms with Crippen LogP contribution in [0.4, 0.5) is 0 Å². The number of aromatic nitrogens is 1. The van der Waals surface area contributed by atoms with Crippen LogP contribution in [0.15, 0.2) is 47.4 Å². The van der Waals surface area contributed by atoms with Gasteiger partial charge in [-0.2, -0.15) is 0 Å². The summed E-state index contributed by atoms with van der Waals surface area (Å²) in [4.78, 5) is 37.5. The largest absolute Gasteiger partial charge is 0.355 e. The standard InChI is InChI=1S/C20H23N3O3/c1-12-9-17(12)22-18(24)15-10-16(19(25)21-3)20(26)23(11-15)13(2)14-7-5-4-6-8-14/h4-8,10-13,17H,9H2,1-3H3,(H,21,25)(H,22,24)/t12-,13-,17-/m1/s1. The molecule has 3 rings (SSSR count). The van der Waals surface area contributed by atoms with Crippen molar-refractivity contribution >= 4 is 11.8 Å². The molecule has 1 aromatic heterocycles. The van der Waals surface area contributed by atoms with Crippen LogP contribution in [0.5, 0.6) is 0 Å². The smallest absolute Gasteiger partial charge is 0.264 e. The summed E-state index contributed by atoms with van der Waals surface area (Å²) >= 11 is 0. The minimum atomic E-state index is -0.501. The zero-order valence-electron chi connectivity index (χ0n) is 15.2. The lowest BCUT2D eigenvalue weighted by molar-refractivity contribution is 0.0948. The first kappa shape index (κ1) is 17.9. The van der Waals surface area contributed by atoms with Crippen LogP contribution >= 0.6 is 0 Å². The average molecular weight is 353 g/mol. The number of rotatable bonds is 5. The summed E-state index contributed by atoms with van der Waals surface area (Å²) < 4.78 is 1.45. The summed E-state index contributed by atoms with van der Waals surface area (Å²) in [6.07, 6.45) is 2.49. The fraction of sp³-hybridized carbons (Fsp3) is 0.350. The Bertz CT molecular complexity index is 889. The molecule has 1 aliphatic rings. The van der Waals surface area contributed by atoms with Crippen LogP contribution in [0.1, 0.15) is 52.6 Å². The number of amides is 2. The first-order valence-corrected chi connectivity index (χ1v) is 8.76. The lowest BCUT2D eigenvalue weighted by atomic mass is 10.1. The summed E-state index contributed by atoms with van der Waals surface area (Å²) in [6.45, 7) is 3.94. The second-order valence-electron chi connectivity index (χ2n) is 6.81. The SMILES string of the molecule is CNC(=O)c1cc(C(=O)N[C@@H]2C[C@H]2C)cn([C@H](C)c2ccccc2)c1=O. The third-order valence-corrected chi connectivity index (χ3v) is 4.90. The van der Waals surface area contributed by atoms with E-state index in [1.165, 1.54) is 23.9 Å². The molecule has 0 aliphatic heterocycles. The van der Waals surface area contributed by atoms with Gasteiger partial charge >= 0.3 is 0 Å². The van der Waals surface area contributed by atoms with Crippen LogP contribution in [0.2, 0.25) is 0 Å². The number of carbonyl (C=O) groups excluding carboxylic acids is 2. The Kier molecular flexibility index (Phi) is 4.93. The van der Waals surface area contributed by atoms with Gasteiger partial charge in [0.1, 0.15) is 5.56 Å². The number of hydrogen-bond acceptors (Lipinski definition) is 3. The van der Waals surface area contributed by atoms with Crippen molar-refractivity contribution in [3.05, 3.63) is 69.6 Å². The van der Waals surface area contributed by atoms with Crippen molar-refractivity contribution in [3.63, 3.8) is 0 Å². The van der Waals surface area contributed by atoms with Crippen LogP contribution in [0.3, 0.4) is 0 Å². The molecule has 1 heterocycles. The van der Waals surface area contributed by atoms with Gasteiger partial charge in [0, 0.05) is 19.3 Å². The lowest BCUT2D eigenvalue weighted by Gasteiger charge is -2.18. The maximum Gasteiger partial charge on any atom is 0.264 e. The monoisotopic (exact) mass is 353 g/mol. The Balaban J connectivity index is 2.04. The van der Waals surface area contributed by atoms with Crippen molar-refractivity contribution in [2.45, 2.75) is 32.4 Å². The highest BCUT2D eigenvalue weighted by atomic mass is 16.2. The van der Waals surface area contributed by atoms with E-state index < -0.39 is 11.5 Å². The van der Waals surface area contributed by atoms with Gasteiger partial charge in [0.15, 0.2) is 0 Å². The van der Waals surface area contributed by atoms with E-state index in [4.69, 9.17) is 0 Å². The molecule has 1 aromatic carbocycles. The first-order valence-electron chi connectivity index (χ1n) is 8.76. The van der Waals surface area contributed by atoms with Crippen LogP contribution in [-0.2, 0) is 0 Å². The first-order chi connectivity index (χ1) is 12.4. The van der Waals surface area contributed by atoms with E-state index in [1.807, 2.05) is 37.3 Å². The number of nitrogens with one attached hydrogen (secondary N) is 2. The van der Waals surface area contributed by atoms with Gasteiger partial charge in [-0.1, -0.05) is 37.3 Å². The Morgan fingerprint density at radius 1 is 1.19 bits per heavy atom. The van der Waals surface area contributed by atoms with Crippen molar-refractivity contribution < 1.29 is 9.59 Å². The second kappa shape index (κ2) is 7.15. The van der Waals surface area contributed by atoms with Gasteiger partial charge in [-0.25, -0.2) is 0 Å². The molecule has 1 saturated carbocycles. The fourth-order valence-corrected chi connectivity index (χ4v) is 2.98. The summed E-state index contributed by atoms with van der Waals surface area (Å²) in [5, 5.41) is 5.41. The van der Waals surface area contributed by atoms with Gasteiger partial charge in [0.25, 0.3) is 17.4 Å². The molecule has 0 unspecified atom stereocenters. The number of benzene rings is 1. The van der Waals surface area contributed by atoms with Gasteiger partial charge in [-0.3, -0.25) is 14.4 Å². The minimum absolute atomic E-state index is 0.0354. The predicted molar refractivity (Wildman–Crippen MR) is 99.4 cm³/mol. The molecule has 6 nitrogen and oxygen atoms in total. The topological polar surface area (TPSA) is 80.2 Å². The van der Waals surface area contributed by atoms with Crippen molar-refractivity contribution in [2.75, 3.05) is 7.05 Å². The average Bonchev–Trinajstić information content (AvgIpc) is 3.35. The highest BCUT2D eigenvalue weighted by Gasteiger charge is 2.34. The third-order valence-electron chi connectivity index (χ3n) is 4.90. The molecular weight excluding hydrogens is 330 g/mol. The van der Waals surface area contributed by atoms with E-state index >= 15 is 0 Å². The van der Waals surface area contributed by atoms with Crippen LogP contribution < -0.4 is 16.2 Å². The maximum absolute atomic E-state index is 12.8. The van der Waals surface area contributed by atoms with Crippen molar-refractivity contribution in [3.8, 4) is 0 Å². The maximum atomic E-state index is 12.8. The quantitative estimate of drug-likeness (QED) is 0.862. The molecule has 3 atom stereocenters. The van der Waals surface area contributed by atoms with Gasteiger partial charge < -0.3 is 15.2 Å². The van der Waals surface area contributed by atoms with Crippen molar-refractivity contribution in [2.24, 2.45) is 5.92 Å². The molecule has 1 aliphatic carbocycles. The Hall–Kier alpha value is -2.89. The third kappa shape index (κ3) is 3.54. The zero-order chi connectivity index (χ0) is 18.8. The van der Waals surface area contributed by atoms with Crippen molar-refractivity contribution in [1.82, 2.24) is 15.2 Å². The van der Waals surface area contributed by atoms with E-state index in [-0.39, 0.29) is 23.6 Å². The van der Waals surface area contributed by atoms with E-state index in [9.17, 15) is 14.4 Å². The fourth-order valence-electron chi connectivity index (χ4n) is 2.98. The Labute approximate surface area is 152 Å². The van der Waals surface area contributed by atoms with E-state index in [0.717, 1.165) is 12.0 Å². The minimum Gasteiger partial charge on any atom is -0.355 e. The highest BCUT2D eigenvalue weighted by Crippen LogP contribution is 2.29. The molecule has 0 spiro atoms. The summed E-state index contributed by atoms with van der Waals surface area (Å²) in [5.74, 6) is -0.302. The Morgan fingerprint density at radius 2 is 1.85 bits per heavy atom. The molecule has 0 saturated heterocycles. The van der Waals surface area contributed by atoms with Gasteiger partial charge in [-0.15, -0.1) is 0 Å². The summed E-state index contributed by atoms with van der Waals surface area (Å²) in [6, 6.07) is 10.7. The van der Waals surface area contributed by atoms with E-state index in [0.29, 0.717) is 11.5 Å². The van der Waals surface area contributed by atoms with Gasteiger partial charge in [0.05, 0.1) is 11.6 Å². The van der Waals surface area contributed by atoms with Crippen LogP contribution in [-0.4, -0.2) is 29.5 Å². The predicted octanol–water partition coefficient (Wildman–Crippen LogP) is 1.96. The normalized spacial score (nSPS) is 19.5. The lowest BCUT2D eigenvalue weighted by Crippen LogP contribution is -2.35. The molecule has 6 heteroatoms. The number of nitrogens with zero attached hydrogens (tertiary/aromatic N) is 1. The van der Waals surface area contributed by atoms with Gasteiger partial charge in [-0.05, 0) is 30.9 Å². The van der Waals surface area contributed by atoms with Crippen LogP contribution in [0, 0.1) is 5.92 Å². The molecule has 0 radical (unpaired) electrons.